The molecule has 4 heterocycles. The first-order chi connectivity index (χ1) is 23.5. The predicted octanol–water partition coefficient (Wildman–Crippen LogP) is 6.13. The van der Waals surface area contributed by atoms with Crippen LogP contribution in [0, 0.1) is 5.82 Å². The molecule has 0 saturated carbocycles. The number of ether oxygens (including phenoxy) is 3. The maximum atomic E-state index is 15.9. The molecule has 49 heavy (non-hydrogen) atoms. The molecule has 3 saturated heterocycles. The van der Waals surface area contributed by atoms with E-state index in [9.17, 15) is 19.5 Å². The molecule has 2 bridgehead atoms. The number of para-hydroxylation sites is 1. The SMILES string of the molecule is COC(=O)c1cc(F)c(-c2cccc3c2OCN(C(=O)c2c(Cl)cc(N4CCN(C(=O)O)C[C@@H]4C)cc2Cl)C3)cc1N1C2CCC1COC2. The standard InChI is InChI=1S/C35H35Cl2FN4O7/c1-19-14-39(35(45)46)8-9-41(19)23-10-27(36)31(28(37)11-23)33(43)40-15-20-4-3-5-24(32(20)49-18-40)25-13-30(26(12-29(25)38)34(44)47-2)42-21-6-7-22(42)17-48-16-21/h3-5,10-13,19,21-22H,6-9,14-18H2,1-2H3,(H,45,46)/t19-,21?,22?/m0/s1. The molecule has 0 spiro atoms. The van der Waals surface area contributed by atoms with E-state index >= 15 is 4.39 Å². The Morgan fingerprint density at radius 3 is 2.35 bits per heavy atom. The Balaban J connectivity index is 1.16. The van der Waals surface area contributed by atoms with Crippen LogP contribution < -0.4 is 14.5 Å². The van der Waals surface area contributed by atoms with Crippen molar-refractivity contribution in [1.82, 2.24) is 9.80 Å². The summed E-state index contributed by atoms with van der Waals surface area (Å²) in [7, 11) is 1.28. The van der Waals surface area contributed by atoms with Crippen LogP contribution in [0.4, 0.5) is 20.6 Å². The van der Waals surface area contributed by atoms with Gasteiger partial charge in [0.05, 0.1) is 65.8 Å². The molecule has 4 aliphatic heterocycles. The summed E-state index contributed by atoms with van der Waals surface area (Å²) in [5, 5.41) is 9.69. The van der Waals surface area contributed by atoms with Crippen LogP contribution in [0.25, 0.3) is 11.1 Å². The number of esters is 1. The first-order valence-corrected chi connectivity index (χ1v) is 16.9. The fraction of sp³-hybridized carbons (Fsp3) is 0.400. The highest BCUT2D eigenvalue weighted by Gasteiger charge is 2.40. The van der Waals surface area contributed by atoms with Gasteiger partial charge in [0.1, 0.15) is 11.6 Å². The largest absolute Gasteiger partial charge is 0.472 e. The molecular weight excluding hydrogens is 678 g/mol. The summed E-state index contributed by atoms with van der Waals surface area (Å²) >= 11 is 13.4. The lowest BCUT2D eigenvalue weighted by molar-refractivity contribution is 0.0515. The smallest absolute Gasteiger partial charge is 0.407 e. The molecule has 0 aromatic heterocycles. The number of carbonyl (C=O) groups excluding carboxylic acids is 2. The summed E-state index contributed by atoms with van der Waals surface area (Å²) < 4.78 is 32.8. The first-order valence-electron chi connectivity index (χ1n) is 16.1. The second kappa shape index (κ2) is 13.2. The molecular formula is C35H35Cl2FN4O7. The summed E-state index contributed by atoms with van der Waals surface area (Å²) in [5.74, 6) is -1.21. The van der Waals surface area contributed by atoms with Gasteiger partial charge in [-0.05, 0) is 44.0 Å². The molecule has 11 nitrogen and oxygen atoms in total. The second-order valence-electron chi connectivity index (χ2n) is 12.8. The lowest BCUT2D eigenvalue weighted by atomic mass is 9.96. The minimum absolute atomic E-state index is 0.0687. The van der Waals surface area contributed by atoms with Crippen LogP contribution in [-0.2, 0) is 16.0 Å². The van der Waals surface area contributed by atoms with Crippen LogP contribution in [0.2, 0.25) is 10.0 Å². The molecule has 3 aromatic carbocycles. The minimum Gasteiger partial charge on any atom is -0.472 e. The molecule has 258 valence electrons. The van der Waals surface area contributed by atoms with Crippen molar-refractivity contribution in [3.63, 3.8) is 0 Å². The topological polar surface area (TPSA) is 112 Å². The van der Waals surface area contributed by atoms with Crippen LogP contribution >= 0.6 is 23.2 Å². The van der Waals surface area contributed by atoms with E-state index in [0.717, 1.165) is 12.8 Å². The zero-order valence-corrected chi connectivity index (χ0v) is 28.5. The van der Waals surface area contributed by atoms with Crippen molar-refractivity contribution in [1.29, 1.82) is 0 Å². The first kappa shape index (κ1) is 33.2. The third kappa shape index (κ3) is 6.00. The van der Waals surface area contributed by atoms with Gasteiger partial charge in [-0.25, -0.2) is 14.0 Å². The van der Waals surface area contributed by atoms with Gasteiger partial charge in [0.25, 0.3) is 5.91 Å². The van der Waals surface area contributed by atoms with Crippen molar-refractivity contribution < 1.29 is 38.1 Å². The van der Waals surface area contributed by atoms with Crippen LogP contribution in [0.3, 0.4) is 0 Å². The Morgan fingerprint density at radius 1 is 0.980 bits per heavy atom. The molecule has 1 N–H and O–H groups in total. The maximum Gasteiger partial charge on any atom is 0.407 e. The molecule has 14 heteroatoms. The molecule has 2 unspecified atom stereocenters. The fourth-order valence-corrected chi connectivity index (χ4v) is 8.13. The Bertz CT molecular complexity index is 1800. The van der Waals surface area contributed by atoms with Crippen molar-refractivity contribution >= 4 is 52.5 Å². The average Bonchev–Trinajstić information content (AvgIpc) is 3.33. The van der Waals surface area contributed by atoms with E-state index in [2.05, 4.69) is 4.90 Å². The second-order valence-corrected chi connectivity index (χ2v) is 13.6. The van der Waals surface area contributed by atoms with Crippen molar-refractivity contribution in [3.05, 3.63) is 75.0 Å². The number of hydrogen-bond donors (Lipinski definition) is 1. The van der Waals surface area contributed by atoms with Gasteiger partial charge in [0, 0.05) is 48.1 Å². The number of piperazine rings is 1. The lowest BCUT2D eigenvalue weighted by Gasteiger charge is -2.40. The highest BCUT2D eigenvalue weighted by atomic mass is 35.5. The van der Waals surface area contributed by atoms with Gasteiger partial charge in [-0.1, -0.05) is 41.4 Å². The maximum absolute atomic E-state index is 15.9. The van der Waals surface area contributed by atoms with E-state index in [1.54, 1.807) is 30.3 Å². The van der Waals surface area contributed by atoms with Gasteiger partial charge in [-0.15, -0.1) is 0 Å². The summed E-state index contributed by atoms with van der Waals surface area (Å²) in [6, 6.07) is 11.6. The monoisotopic (exact) mass is 712 g/mol. The number of halogens is 3. The van der Waals surface area contributed by atoms with Crippen LogP contribution in [0.5, 0.6) is 5.75 Å². The quantitative estimate of drug-likeness (QED) is 0.312. The Labute approximate surface area is 292 Å². The number of amides is 2. The minimum atomic E-state index is -0.966. The van der Waals surface area contributed by atoms with E-state index < -0.39 is 23.8 Å². The van der Waals surface area contributed by atoms with Crippen LogP contribution in [0.1, 0.15) is 46.0 Å². The van der Waals surface area contributed by atoms with Gasteiger partial charge in [-0.2, -0.15) is 0 Å². The number of benzene rings is 3. The molecule has 7 rings (SSSR count). The molecule has 0 aliphatic carbocycles. The average molecular weight is 714 g/mol. The Morgan fingerprint density at radius 2 is 1.69 bits per heavy atom. The number of morpholine rings is 1. The van der Waals surface area contributed by atoms with Gasteiger partial charge < -0.3 is 38.9 Å². The van der Waals surface area contributed by atoms with Crippen molar-refractivity contribution in [2.24, 2.45) is 0 Å². The number of anilines is 2. The molecule has 3 fully saturated rings. The molecule has 2 amide bonds. The van der Waals surface area contributed by atoms with Crippen molar-refractivity contribution in [3.8, 4) is 16.9 Å². The zero-order chi connectivity index (χ0) is 34.6. The van der Waals surface area contributed by atoms with Crippen molar-refractivity contribution in [2.75, 3.05) is 56.5 Å². The number of carbonyl (C=O) groups is 3. The van der Waals surface area contributed by atoms with Crippen LogP contribution in [-0.4, -0.2) is 97.7 Å². The molecule has 4 aliphatic rings. The van der Waals surface area contributed by atoms with Crippen molar-refractivity contribution in [2.45, 2.75) is 44.4 Å². The predicted molar refractivity (Wildman–Crippen MR) is 182 cm³/mol. The van der Waals surface area contributed by atoms with Gasteiger partial charge in [0.2, 0.25) is 0 Å². The number of nitrogens with zero attached hydrogens (tertiary/aromatic N) is 4. The number of carboxylic acid groups (broad SMARTS) is 1. The zero-order valence-electron chi connectivity index (χ0n) is 27.0. The molecule has 0 radical (unpaired) electrons. The summed E-state index contributed by atoms with van der Waals surface area (Å²) in [5.41, 5.74) is 3.00. The molecule has 3 atom stereocenters. The third-order valence-corrected chi connectivity index (χ3v) is 10.5. The summed E-state index contributed by atoms with van der Waals surface area (Å²) in [6.45, 7) is 4.10. The Hall–Kier alpha value is -4.26. The lowest BCUT2D eigenvalue weighted by Crippen LogP contribution is -2.53. The van der Waals surface area contributed by atoms with E-state index in [4.69, 9.17) is 37.4 Å². The number of rotatable bonds is 5. The Kier molecular flexibility index (Phi) is 8.97. The third-order valence-electron chi connectivity index (χ3n) is 9.88. The highest BCUT2D eigenvalue weighted by Crippen LogP contribution is 2.43. The summed E-state index contributed by atoms with van der Waals surface area (Å²) in [4.78, 5) is 45.0. The highest BCUT2D eigenvalue weighted by molar-refractivity contribution is 6.40. The van der Waals surface area contributed by atoms with E-state index in [-0.39, 0.29) is 58.1 Å². The molecule has 3 aromatic rings. The summed E-state index contributed by atoms with van der Waals surface area (Å²) in [6.07, 6.45) is 0.850. The van der Waals surface area contributed by atoms with E-state index in [1.165, 1.54) is 23.0 Å². The van der Waals surface area contributed by atoms with E-state index in [0.29, 0.717) is 61.1 Å². The van der Waals surface area contributed by atoms with Crippen LogP contribution in [0.15, 0.2) is 42.5 Å². The fourth-order valence-electron chi connectivity index (χ4n) is 7.50. The van der Waals surface area contributed by atoms with E-state index in [1.807, 2.05) is 17.9 Å². The van der Waals surface area contributed by atoms with Gasteiger partial charge >= 0.3 is 12.1 Å². The number of hydrogen-bond acceptors (Lipinski definition) is 8. The van der Waals surface area contributed by atoms with Gasteiger partial charge in [0.15, 0.2) is 6.73 Å². The normalized spacial score (nSPS) is 21.7. The number of fused-ring (bicyclic) bond motifs is 3. The van der Waals surface area contributed by atoms with Gasteiger partial charge in [-0.3, -0.25) is 4.79 Å². The number of methoxy groups -OCH3 is 1.